The first kappa shape index (κ1) is 15.4. The van der Waals surface area contributed by atoms with Crippen LogP contribution in [-0.4, -0.2) is 36.0 Å². The lowest BCUT2D eigenvalue weighted by Gasteiger charge is -2.02. The third-order valence-corrected chi connectivity index (χ3v) is 2.36. The number of aryl methyl sites for hydroxylation is 1. The van der Waals surface area contributed by atoms with Crippen LogP contribution in [0.1, 0.15) is 11.1 Å². The van der Waals surface area contributed by atoms with Gasteiger partial charge in [-0.15, -0.1) is 0 Å². The van der Waals surface area contributed by atoms with Gasteiger partial charge in [-0.05, 0) is 18.6 Å². The number of carbonyl (C=O) groups is 3. The molecule has 0 radical (unpaired) electrons. The Morgan fingerprint density at radius 3 is 2.35 bits per heavy atom. The lowest BCUT2D eigenvalue weighted by atomic mass is 10.1. The molecule has 0 unspecified atom stereocenters. The van der Waals surface area contributed by atoms with Crippen LogP contribution in [0.15, 0.2) is 30.3 Å². The Morgan fingerprint density at radius 1 is 1.10 bits per heavy atom. The van der Waals surface area contributed by atoms with E-state index in [4.69, 9.17) is 5.11 Å². The number of amides is 2. The van der Waals surface area contributed by atoms with Gasteiger partial charge in [0, 0.05) is 6.08 Å². The second-order valence-corrected chi connectivity index (χ2v) is 4.13. The van der Waals surface area contributed by atoms with Gasteiger partial charge >= 0.3 is 5.97 Å². The molecule has 0 atom stereocenters. The van der Waals surface area contributed by atoms with Gasteiger partial charge in [-0.2, -0.15) is 0 Å². The fraction of sp³-hybridized carbons (Fsp3) is 0.214. The molecule has 0 aromatic heterocycles. The van der Waals surface area contributed by atoms with Crippen LogP contribution >= 0.6 is 0 Å². The molecule has 2 amide bonds. The molecule has 20 heavy (non-hydrogen) atoms. The third-order valence-electron chi connectivity index (χ3n) is 2.36. The summed E-state index contributed by atoms with van der Waals surface area (Å²) in [5.41, 5.74) is 2.00. The van der Waals surface area contributed by atoms with E-state index < -0.39 is 24.3 Å². The summed E-state index contributed by atoms with van der Waals surface area (Å²) in [6, 6.07) is 7.60. The average Bonchev–Trinajstić information content (AvgIpc) is 2.42. The van der Waals surface area contributed by atoms with Crippen LogP contribution in [0.4, 0.5) is 0 Å². The fourth-order valence-corrected chi connectivity index (χ4v) is 1.31. The minimum absolute atomic E-state index is 0.260. The van der Waals surface area contributed by atoms with Crippen LogP contribution in [-0.2, 0) is 14.4 Å². The number of aliphatic carboxylic acids is 1. The number of nitrogens with one attached hydrogen (secondary N) is 2. The van der Waals surface area contributed by atoms with Crippen LogP contribution < -0.4 is 10.6 Å². The Kier molecular flexibility index (Phi) is 5.96. The number of hydrogen-bond donors (Lipinski definition) is 3. The van der Waals surface area contributed by atoms with Crippen LogP contribution in [0.25, 0.3) is 6.08 Å². The van der Waals surface area contributed by atoms with E-state index in [9.17, 15) is 14.4 Å². The normalized spacial score (nSPS) is 10.2. The van der Waals surface area contributed by atoms with Crippen molar-refractivity contribution < 1.29 is 19.5 Å². The molecule has 3 N–H and O–H groups in total. The minimum Gasteiger partial charge on any atom is -0.480 e. The molecule has 1 aromatic rings. The summed E-state index contributed by atoms with van der Waals surface area (Å²) in [4.78, 5) is 32.8. The van der Waals surface area contributed by atoms with Gasteiger partial charge in [-0.25, -0.2) is 0 Å². The van der Waals surface area contributed by atoms with E-state index in [0.717, 1.165) is 11.1 Å². The zero-order valence-corrected chi connectivity index (χ0v) is 11.1. The second kappa shape index (κ2) is 7.73. The standard InChI is InChI=1S/C14H16N2O4/c1-10-2-4-11(5-3-10)6-7-12(17)15-8-13(18)16-9-14(19)20/h2-7H,8-9H2,1H3,(H,15,17)(H,16,18)(H,19,20)/b7-6+. The van der Waals surface area contributed by atoms with Crippen molar-refractivity contribution in [2.75, 3.05) is 13.1 Å². The molecule has 0 saturated heterocycles. The highest BCUT2D eigenvalue weighted by molar-refractivity contribution is 5.94. The molecule has 1 aromatic carbocycles. The summed E-state index contributed by atoms with van der Waals surface area (Å²) in [7, 11) is 0. The summed E-state index contributed by atoms with van der Waals surface area (Å²) >= 11 is 0. The quantitative estimate of drug-likeness (QED) is 0.652. The molecule has 0 spiro atoms. The van der Waals surface area contributed by atoms with Gasteiger partial charge in [0.05, 0.1) is 6.54 Å². The summed E-state index contributed by atoms with van der Waals surface area (Å²) in [5, 5.41) is 12.9. The highest BCUT2D eigenvalue weighted by Crippen LogP contribution is 2.04. The molecule has 0 saturated carbocycles. The van der Waals surface area contributed by atoms with Crippen molar-refractivity contribution in [2.45, 2.75) is 6.92 Å². The van der Waals surface area contributed by atoms with Gasteiger partial charge in [-0.3, -0.25) is 14.4 Å². The van der Waals surface area contributed by atoms with Crippen molar-refractivity contribution >= 4 is 23.9 Å². The predicted molar refractivity (Wildman–Crippen MR) is 73.9 cm³/mol. The maximum absolute atomic E-state index is 11.4. The number of benzene rings is 1. The molecule has 6 heteroatoms. The van der Waals surface area contributed by atoms with Gasteiger partial charge in [-0.1, -0.05) is 29.8 Å². The number of carbonyl (C=O) groups excluding carboxylic acids is 2. The van der Waals surface area contributed by atoms with Crippen molar-refractivity contribution in [3.05, 3.63) is 41.5 Å². The van der Waals surface area contributed by atoms with E-state index in [1.807, 2.05) is 31.2 Å². The molecule has 0 aliphatic rings. The maximum Gasteiger partial charge on any atom is 0.322 e. The van der Waals surface area contributed by atoms with Crippen molar-refractivity contribution in [3.8, 4) is 0 Å². The highest BCUT2D eigenvalue weighted by Gasteiger charge is 2.04. The Bertz CT molecular complexity index is 520. The monoisotopic (exact) mass is 276 g/mol. The summed E-state index contributed by atoms with van der Waals surface area (Å²) in [5.74, 6) is -2.11. The Morgan fingerprint density at radius 2 is 1.75 bits per heavy atom. The Hall–Kier alpha value is -2.63. The molecule has 106 valence electrons. The number of rotatable bonds is 6. The molecular formula is C14H16N2O4. The van der Waals surface area contributed by atoms with Gasteiger partial charge in [0.25, 0.3) is 0 Å². The van der Waals surface area contributed by atoms with Crippen molar-refractivity contribution in [2.24, 2.45) is 0 Å². The van der Waals surface area contributed by atoms with Crippen LogP contribution in [0.5, 0.6) is 0 Å². The first-order valence-electron chi connectivity index (χ1n) is 5.98. The fourth-order valence-electron chi connectivity index (χ4n) is 1.31. The molecule has 0 bridgehead atoms. The first-order valence-corrected chi connectivity index (χ1v) is 5.98. The molecule has 0 heterocycles. The molecule has 6 nitrogen and oxygen atoms in total. The van der Waals surface area contributed by atoms with Crippen LogP contribution in [0, 0.1) is 6.92 Å². The van der Waals surface area contributed by atoms with E-state index >= 15 is 0 Å². The molecule has 0 fully saturated rings. The van der Waals surface area contributed by atoms with Gasteiger partial charge in [0.15, 0.2) is 0 Å². The van der Waals surface area contributed by atoms with Crippen LogP contribution in [0.2, 0.25) is 0 Å². The van der Waals surface area contributed by atoms with Crippen molar-refractivity contribution in [1.82, 2.24) is 10.6 Å². The van der Waals surface area contributed by atoms with E-state index in [1.165, 1.54) is 6.08 Å². The SMILES string of the molecule is Cc1ccc(/C=C/C(=O)NCC(=O)NCC(=O)O)cc1. The zero-order valence-electron chi connectivity index (χ0n) is 11.1. The largest absolute Gasteiger partial charge is 0.480 e. The smallest absolute Gasteiger partial charge is 0.322 e. The average molecular weight is 276 g/mol. The summed E-state index contributed by atoms with van der Waals surface area (Å²) in [6.07, 6.45) is 2.94. The minimum atomic E-state index is -1.14. The van der Waals surface area contributed by atoms with E-state index in [1.54, 1.807) is 6.08 Å². The molecule has 0 aliphatic carbocycles. The maximum atomic E-state index is 11.4. The zero-order chi connectivity index (χ0) is 15.0. The second-order valence-electron chi connectivity index (χ2n) is 4.13. The summed E-state index contributed by atoms with van der Waals surface area (Å²) < 4.78 is 0. The van der Waals surface area contributed by atoms with Crippen molar-refractivity contribution in [1.29, 1.82) is 0 Å². The Balaban J connectivity index is 2.34. The van der Waals surface area contributed by atoms with Crippen molar-refractivity contribution in [3.63, 3.8) is 0 Å². The third kappa shape index (κ3) is 6.34. The summed E-state index contributed by atoms with van der Waals surface area (Å²) in [6.45, 7) is 1.24. The van der Waals surface area contributed by atoms with E-state index in [2.05, 4.69) is 10.6 Å². The lowest BCUT2D eigenvalue weighted by Crippen LogP contribution is -2.38. The predicted octanol–water partition coefficient (Wildman–Crippen LogP) is 0.325. The molecule has 1 rings (SSSR count). The molecule has 0 aliphatic heterocycles. The lowest BCUT2D eigenvalue weighted by molar-refractivity contribution is -0.137. The Labute approximate surface area is 116 Å². The van der Waals surface area contributed by atoms with E-state index in [0.29, 0.717) is 0 Å². The number of carboxylic acid groups (broad SMARTS) is 1. The molecular weight excluding hydrogens is 260 g/mol. The van der Waals surface area contributed by atoms with Gasteiger partial charge < -0.3 is 15.7 Å². The topological polar surface area (TPSA) is 95.5 Å². The van der Waals surface area contributed by atoms with Gasteiger partial charge in [0.2, 0.25) is 11.8 Å². The first-order chi connectivity index (χ1) is 9.47. The van der Waals surface area contributed by atoms with E-state index in [-0.39, 0.29) is 6.54 Å². The van der Waals surface area contributed by atoms with Gasteiger partial charge in [0.1, 0.15) is 6.54 Å². The highest BCUT2D eigenvalue weighted by atomic mass is 16.4. The number of carboxylic acids is 1. The number of hydrogen-bond acceptors (Lipinski definition) is 3. The van der Waals surface area contributed by atoms with Crippen LogP contribution in [0.3, 0.4) is 0 Å².